The summed E-state index contributed by atoms with van der Waals surface area (Å²) in [4.78, 5) is 14.2. The van der Waals surface area contributed by atoms with Crippen molar-refractivity contribution >= 4 is 17.5 Å². The lowest BCUT2D eigenvalue weighted by Crippen LogP contribution is -2.38. The molecule has 4 aromatic rings. The SMILES string of the molecule is O=C(N1N=C(c2ccccc2)CC1c1ccccc1F)N1N=C(c2ccccc2)CC1c1ccccc1F. The highest BCUT2D eigenvalue weighted by molar-refractivity contribution is 6.05. The minimum Gasteiger partial charge on any atom is -0.244 e. The van der Waals surface area contributed by atoms with Gasteiger partial charge in [-0.05, 0) is 23.3 Å². The van der Waals surface area contributed by atoms with Crippen molar-refractivity contribution in [1.82, 2.24) is 10.0 Å². The maximum Gasteiger partial charge on any atom is 0.362 e. The summed E-state index contributed by atoms with van der Waals surface area (Å²) >= 11 is 0. The molecule has 188 valence electrons. The highest BCUT2D eigenvalue weighted by Crippen LogP contribution is 2.39. The summed E-state index contributed by atoms with van der Waals surface area (Å²) in [6.45, 7) is 0. The van der Waals surface area contributed by atoms with Crippen molar-refractivity contribution in [2.24, 2.45) is 10.2 Å². The van der Waals surface area contributed by atoms with E-state index in [0.29, 0.717) is 35.4 Å². The van der Waals surface area contributed by atoms with Crippen LogP contribution in [0.15, 0.2) is 119 Å². The summed E-state index contributed by atoms with van der Waals surface area (Å²) < 4.78 is 30.0. The van der Waals surface area contributed by atoms with Gasteiger partial charge >= 0.3 is 6.03 Å². The fourth-order valence-electron chi connectivity index (χ4n) is 5.06. The molecule has 0 saturated heterocycles. The van der Waals surface area contributed by atoms with E-state index >= 15 is 0 Å². The second-order valence-corrected chi connectivity index (χ2v) is 9.28. The lowest BCUT2D eigenvalue weighted by Gasteiger charge is -2.29. The van der Waals surface area contributed by atoms with Gasteiger partial charge in [-0.3, -0.25) is 0 Å². The van der Waals surface area contributed by atoms with Crippen LogP contribution in [0.1, 0.15) is 47.2 Å². The third kappa shape index (κ3) is 4.36. The molecule has 0 spiro atoms. The van der Waals surface area contributed by atoms with Crippen LogP contribution in [0.4, 0.5) is 13.6 Å². The molecule has 0 aliphatic carbocycles. The number of carbonyl (C=O) groups excluding carboxylic acids is 1. The van der Waals surface area contributed by atoms with Crippen LogP contribution in [0.5, 0.6) is 0 Å². The van der Waals surface area contributed by atoms with Crippen molar-refractivity contribution in [3.05, 3.63) is 143 Å². The Kier molecular flexibility index (Phi) is 6.25. The molecule has 2 atom stereocenters. The molecule has 0 N–H and O–H groups in total. The Morgan fingerprint density at radius 1 is 0.579 bits per heavy atom. The van der Waals surface area contributed by atoms with Crippen LogP contribution in [0.25, 0.3) is 0 Å². The molecule has 38 heavy (non-hydrogen) atoms. The molecular weight excluding hydrogens is 482 g/mol. The van der Waals surface area contributed by atoms with Gasteiger partial charge in [-0.25, -0.2) is 23.6 Å². The molecule has 7 heteroatoms. The number of benzene rings is 4. The molecule has 2 amide bonds. The van der Waals surface area contributed by atoms with E-state index in [1.54, 1.807) is 36.4 Å². The first-order valence-corrected chi connectivity index (χ1v) is 12.5. The van der Waals surface area contributed by atoms with Gasteiger partial charge in [0.05, 0.1) is 23.5 Å². The molecule has 2 aliphatic rings. The Labute approximate surface area is 219 Å². The zero-order chi connectivity index (χ0) is 26.1. The van der Waals surface area contributed by atoms with Crippen molar-refractivity contribution < 1.29 is 13.6 Å². The molecule has 0 fully saturated rings. The van der Waals surface area contributed by atoms with Crippen LogP contribution in [0.3, 0.4) is 0 Å². The third-order valence-corrected chi connectivity index (χ3v) is 6.96. The predicted molar refractivity (Wildman–Crippen MR) is 143 cm³/mol. The van der Waals surface area contributed by atoms with E-state index in [1.165, 1.54) is 22.2 Å². The highest BCUT2D eigenvalue weighted by Gasteiger charge is 2.42. The van der Waals surface area contributed by atoms with Gasteiger partial charge in [0.25, 0.3) is 0 Å². The quantitative estimate of drug-likeness (QED) is 0.292. The Morgan fingerprint density at radius 3 is 1.34 bits per heavy atom. The van der Waals surface area contributed by atoms with E-state index in [4.69, 9.17) is 0 Å². The Bertz CT molecular complexity index is 1420. The van der Waals surface area contributed by atoms with Crippen LogP contribution >= 0.6 is 0 Å². The summed E-state index contributed by atoms with van der Waals surface area (Å²) in [6.07, 6.45) is 0.675. The number of carbonyl (C=O) groups is 1. The molecule has 0 saturated carbocycles. The first kappa shape index (κ1) is 23.7. The lowest BCUT2D eigenvalue weighted by molar-refractivity contribution is 0.130. The van der Waals surface area contributed by atoms with Crippen molar-refractivity contribution in [1.29, 1.82) is 0 Å². The summed E-state index contributed by atoms with van der Waals surface area (Å²) in [5.41, 5.74) is 3.77. The minimum absolute atomic E-state index is 0.337. The standard InChI is InChI=1S/C31H24F2N4O/c32-25-17-9-7-15-23(25)29-19-27(21-11-3-1-4-12-21)34-36(29)31(38)37-30(24-16-8-10-18-26(24)33)20-28(35-37)22-13-5-2-6-14-22/h1-18,29-30H,19-20H2. The molecule has 6 rings (SSSR count). The average Bonchev–Trinajstić information content (AvgIpc) is 3.60. The lowest BCUT2D eigenvalue weighted by atomic mass is 9.97. The van der Waals surface area contributed by atoms with Crippen LogP contribution in [-0.4, -0.2) is 27.5 Å². The van der Waals surface area contributed by atoms with Crippen molar-refractivity contribution in [2.75, 3.05) is 0 Å². The third-order valence-electron chi connectivity index (χ3n) is 6.96. The van der Waals surface area contributed by atoms with E-state index in [2.05, 4.69) is 10.2 Å². The van der Waals surface area contributed by atoms with E-state index < -0.39 is 29.7 Å². The summed E-state index contributed by atoms with van der Waals surface area (Å²) in [5.74, 6) is -0.833. The smallest absolute Gasteiger partial charge is 0.244 e. The molecule has 0 aromatic heterocycles. The average molecular weight is 507 g/mol. The molecular formula is C31H24F2N4O. The van der Waals surface area contributed by atoms with Gasteiger partial charge in [0.15, 0.2) is 0 Å². The summed E-state index contributed by atoms with van der Waals surface area (Å²) in [6, 6.07) is 30.0. The fourth-order valence-corrected chi connectivity index (χ4v) is 5.06. The molecule has 4 aromatic carbocycles. The van der Waals surface area contributed by atoms with Gasteiger partial charge in [0, 0.05) is 24.0 Å². The van der Waals surface area contributed by atoms with Crippen LogP contribution in [0.2, 0.25) is 0 Å². The summed E-state index contributed by atoms with van der Waals surface area (Å²) in [5, 5.41) is 12.0. The minimum atomic E-state index is -0.670. The van der Waals surface area contributed by atoms with Gasteiger partial charge in [-0.1, -0.05) is 97.1 Å². The molecule has 2 heterocycles. The number of halogens is 2. The monoisotopic (exact) mass is 506 g/mol. The van der Waals surface area contributed by atoms with E-state index in [-0.39, 0.29) is 0 Å². The van der Waals surface area contributed by atoms with Gasteiger partial charge in [0.2, 0.25) is 0 Å². The molecule has 2 aliphatic heterocycles. The number of nitrogens with zero attached hydrogens (tertiary/aromatic N) is 4. The van der Waals surface area contributed by atoms with Crippen LogP contribution < -0.4 is 0 Å². The number of hydrogen-bond acceptors (Lipinski definition) is 3. The largest absolute Gasteiger partial charge is 0.362 e. The number of rotatable bonds is 4. The van der Waals surface area contributed by atoms with Gasteiger partial charge in [0.1, 0.15) is 11.6 Å². The number of hydrogen-bond donors (Lipinski definition) is 0. The maximum atomic E-state index is 15.0. The number of hydrazone groups is 2. The molecule has 0 radical (unpaired) electrons. The highest BCUT2D eigenvalue weighted by atomic mass is 19.1. The van der Waals surface area contributed by atoms with Crippen molar-refractivity contribution in [2.45, 2.75) is 24.9 Å². The topological polar surface area (TPSA) is 48.3 Å². The normalized spacial score (nSPS) is 18.9. The second-order valence-electron chi connectivity index (χ2n) is 9.28. The predicted octanol–water partition coefficient (Wildman–Crippen LogP) is 7.09. The molecule has 5 nitrogen and oxygen atoms in total. The van der Waals surface area contributed by atoms with Crippen molar-refractivity contribution in [3.63, 3.8) is 0 Å². The Balaban J connectivity index is 1.43. The first-order valence-electron chi connectivity index (χ1n) is 12.5. The van der Waals surface area contributed by atoms with Gasteiger partial charge in [-0.2, -0.15) is 10.2 Å². The van der Waals surface area contributed by atoms with E-state index in [0.717, 1.165) is 11.1 Å². The summed E-state index contributed by atoms with van der Waals surface area (Å²) in [7, 11) is 0. The number of urea groups is 1. The molecule has 0 bridgehead atoms. The van der Waals surface area contributed by atoms with Crippen LogP contribution in [-0.2, 0) is 0 Å². The van der Waals surface area contributed by atoms with Gasteiger partial charge in [-0.15, -0.1) is 0 Å². The second kappa shape index (κ2) is 10.0. The van der Waals surface area contributed by atoms with Crippen LogP contribution in [0, 0.1) is 11.6 Å². The zero-order valence-corrected chi connectivity index (χ0v) is 20.4. The zero-order valence-electron chi connectivity index (χ0n) is 20.4. The van der Waals surface area contributed by atoms with E-state index in [1.807, 2.05) is 60.7 Å². The molecule has 2 unspecified atom stereocenters. The first-order chi connectivity index (χ1) is 18.6. The Morgan fingerprint density at radius 2 is 0.947 bits per heavy atom. The van der Waals surface area contributed by atoms with Gasteiger partial charge < -0.3 is 0 Å². The fraction of sp³-hybridized carbons (Fsp3) is 0.129. The Hall–Kier alpha value is -4.65. The van der Waals surface area contributed by atoms with Crippen molar-refractivity contribution in [3.8, 4) is 0 Å². The van der Waals surface area contributed by atoms with E-state index in [9.17, 15) is 13.6 Å². The number of amides is 2. The maximum absolute atomic E-state index is 15.0.